The van der Waals surface area contributed by atoms with Gasteiger partial charge in [0.2, 0.25) is 0 Å². The van der Waals surface area contributed by atoms with Gasteiger partial charge in [0, 0.05) is 49.7 Å². The Bertz CT molecular complexity index is 1260. The predicted octanol–water partition coefficient (Wildman–Crippen LogP) is 4.19. The highest BCUT2D eigenvalue weighted by atomic mass is 32.1. The number of fused-ring (bicyclic) bond motifs is 2. The van der Waals surface area contributed by atoms with Gasteiger partial charge in [0.05, 0.1) is 34.5 Å². The molecule has 1 aliphatic heterocycles. The molecule has 3 aromatic heterocycles. The number of hydrogen-bond acceptors (Lipinski definition) is 7. The fraction of sp³-hybridized carbons (Fsp3) is 0.417. The van der Waals surface area contributed by atoms with Gasteiger partial charge in [-0.2, -0.15) is 5.10 Å². The van der Waals surface area contributed by atoms with E-state index in [1.54, 1.807) is 33.1 Å². The summed E-state index contributed by atoms with van der Waals surface area (Å²) in [5, 5.41) is 7.98. The van der Waals surface area contributed by atoms with Gasteiger partial charge in [-0.15, -0.1) is 22.7 Å². The Morgan fingerprint density at radius 1 is 1.27 bits per heavy atom. The van der Waals surface area contributed by atoms with E-state index in [4.69, 9.17) is 10.1 Å². The molecule has 0 saturated heterocycles. The first-order valence-corrected chi connectivity index (χ1v) is 13.2. The van der Waals surface area contributed by atoms with Crippen molar-refractivity contribution in [3.8, 4) is 0 Å². The Hall–Kier alpha value is -2.62. The SMILES string of the molecule is CN(Cc1cscn1)C(=O)c1nn(CC2CC2)c2c1CN(Cc1nc3ccccc3s1)CC2. The van der Waals surface area contributed by atoms with Crippen molar-refractivity contribution in [3.05, 3.63) is 62.8 Å². The van der Waals surface area contributed by atoms with E-state index >= 15 is 0 Å². The predicted molar refractivity (Wildman–Crippen MR) is 130 cm³/mol. The summed E-state index contributed by atoms with van der Waals surface area (Å²) in [5.41, 5.74) is 6.73. The van der Waals surface area contributed by atoms with Gasteiger partial charge in [0.25, 0.3) is 5.91 Å². The third-order valence-electron chi connectivity index (χ3n) is 6.47. The van der Waals surface area contributed by atoms with Gasteiger partial charge >= 0.3 is 0 Å². The lowest BCUT2D eigenvalue weighted by molar-refractivity contribution is 0.0774. The molecule has 0 spiro atoms. The van der Waals surface area contributed by atoms with Gasteiger partial charge in [-0.1, -0.05) is 12.1 Å². The average molecular weight is 479 g/mol. The highest BCUT2D eigenvalue weighted by molar-refractivity contribution is 7.18. The van der Waals surface area contributed by atoms with Crippen LogP contribution >= 0.6 is 22.7 Å². The standard InChI is InChI=1S/C24H26N6OS2/c1-28(11-17-14-32-15-25-17)24(31)23-18-12-29(9-8-20(18)30(27-23)10-16-6-7-16)13-22-26-19-4-2-3-5-21(19)33-22/h2-5,14-16H,6-13H2,1H3. The lowest BCUT2D eigenvalue weighted by atomic mass is 10.0. The van der Waals surface area contributed by atoms with Crippen LogP contribution in [0.3, 0.4) is 0 Å². The molecule has 0 atom stereocenters. The Labute approximate surface area is 200 Å². The topological polar surface area (TPSA) is 67.2 Å². The van der Waals surface area contributed by atoms with E-state index in [0.29, 0.717) is 18.2 Å². The molecule has 0 radical (unpaired) electrons. The van der Waals surface area contributed by atoms with Gasteiger partial charge in [-0.05, 0) is 30.9 Å². The molecule has 0 N–H and O–H groups in total. The van der Waals surface area contributed by atoms with E-state index in [9.17, 15) is 4.79 Å². The third-order valence-corrected chi connectivity index (χ3v) is 8.13. The molecule has 4 heterocycles. The molecule has 1 aliphatic carbocycles. The minimum Gasteiger partial charge on any atom is -0.334 e. The van der Waals surface area contributed by atoms with E-state index < -0.39 is 0 Å². The summed E-state index contributed by atoms with van der Waals surface area (Å²) in [5.74, 6) is 0.695. The number of aromatic nitrogens is 4. The van der Waals surface area contributed by atoms with Crippen LogP contribution in [0.25, 0.3) is 10.2 Å². The van der Waals surface area contributed by atoms with Crippen LogP contribution in [0.2, 0.25) is 0 Å². The summed E-state index contributed by atoms with van der Waals surface area (Å²) in [6.45, 7) is 3.93. The second-order valence-corrected chi connectivity index (χ2v) is 10.9. The van der Waals surface area contributed by atoms with Crippen LogP contribution in [-0.4, -0.2) is 49.0 Å². The molecular weight excluding hydrogens is 452 g/mol. The highest BCUT2D eigenvalue weighted by Crippen LogP contribution is 2.33. The van der Waals surface area contributed by atoms with Crippen molar-refractivity contribution < 1.29 is 4.79 Å². The van der Waals surface area contributed by atoms with Crippen LogP contribution in [0, 0.1) is 5.92 Å². The Kier molecular flexibility index (Phi) is 5.48. The number of rotatable bonds is 7. The smallest absolute Gasteiger partial charge is 0.274 e. The maximum atomic E-state index is 13.4. The zero-order chi connectivity index (χ0) is 22.4. The molecule has 6 rings (SSSR count). The normalized spacial score (nSPS) is 16.3. The number of para-hydroxylation sites is 1. The molecule has 2 aliphatic rings. The second kappa shape index (κ2) is 8.62. The third kappa shape index (κ3) is 4.32. The van der Waals surface area contributed by atoms with Crippen LogP contribution in [0.4, 0.5) is 0 Å². The van der Waals surface area contributed by atoms with Gasteiger partial charge in [0.1, 0.15) is 5.01 Å². The number of carbonyl (C=O) groups is 1. The van der Waals surface area contributed by atoms with Crippen LogP contribution in [0.5, 0.6) is 0 Å². The fourth-order valence-corrected chi connectivity index (χ4v) is 6.10. The molecule has 1 saturated carbocycles. The number of carbonyl (C=O) groups excluding carboxylic acids is 1. The van der Waals surface area contributed by atoms with Gasteiger partial charge in [-0.25, -0.2) is 9.97 Å². The first-order valence-electron chi connectivity index (χ1n) is 11.4. The maximum Gasteiger partial charge on any atom is 0.274 e. The number of amides is 1. The maximum absolute atomic E-state index is 13.4. The molecule has 4 aromatic rings. The molecule has 9 heteroatoms. The van der Waals surface area contributed by atoms with Crippen LogP contribution < -0.4 is 0 Å². The summed E-state index contributed by atoms with van der Waals surface area (Å²) in [6.07, 6.45) is 3.46. The Morgan fingerprint density at radius 3 is 2.94 bits per heavy atom. The van der Waals surface area contributed by atoms with E-state index in [1.807, 2.05) is 18.5 Å². The summed E-state index contributed by atoms with van der Waals surface area (Å²) in [7, 11) is 1.84. The van der Waals surface area contributed by atoms with Crippen molar-refractivity contribution in [2.75, 3.05) is 13.6 Å². The van der Waals surface area contributed by atoms with Crippen molar-refractivity contribution >= 4 is 38.8 Å². The molecule has 33 heavy (non-hydrogen) atoms. The van der Waals surface area contributed by atoms with Crippen molar-refractivity contribution in [1.29, 1.82) is 0 Å². The van der Waals surface area contributed by atoms with Crippen LogP contribution in [0.1, 0.15) is 45.3 Å². The number of thiazole rings is 2. The summed E-state index contributed by atoms with van der Waals surface area (Å²) < 4.78 is 3.35. The van der Waals surface area contributed by atoms with E-state index in [0.717, 1.165) is 54.4 Å². The van der Waals surface area contributed by atoms with Crippen LogP contribution in [0.15, 0.2) is 35.2 Å². The summed E-state index contributed by atoms with van der Waals surface area (Å²) in [4.78, 5) is 26.7. The first kappa shape index (κ1) is 20.9. The van der Waals surface area contributed by atoms with Crippen LogP contribution in [-0.2, 0) is 32.6 Å². The van der Waals surface area contributed by atoms with Crippen molar-refractivity contribution in [2.24, 2.45) is 5.92 Å². The zero-order valence-electron chi connectivity index (χ0n) is 18.6. The molecule has 1 aromatic carbocycles. The van der Waals surface area contributed by atoms with E-state index in [2.05, 4.69) is 32.8 Å². The van der Waals surface area contributed by atoms with E-state index in [1.165, 1.54) is 23.2 Å². The fourth-order valence-electron chi connectivity index (χ4n) is 4.54. The molecule has 7 nitrogen and oxygen atoms in total. The monoisotopic (exact) mass is 478 g/mol. The minimum atomic E-state index is -0.0179. The molecule has 170 valence electrons. The first-order chi connectivity index (χ1) is 16.1. The van der Waals surface area contributed by atoms with Gasteiger partial charge in [0.15, 0.2) is 5.69 Å². The number of benzene rings is 1. The molecule has 0 unspecified atom stereocenters. The molecule has 1 fully saturated rings. The minimum absolute atomic E-state index is 0.0179. The lowest BCUT2D eigenvalue weighted by Gasteiger charge is -2.27. The number of hydrogen-bond donors (Lipinski definition) is 0. The molecular formula is C24H26N6OS2. The largest absolute Gasteiger partial charge is 0.334 e. The van der Waals surface area contributed by atoms with Crippen molar-refractivity contribution in [1.82, 2.24) is 29.5 Å². The van der Waals surface area contributed by atoms with Crippen molar-refractivity contribution in [3.63, 3.8) is 0 Å². The lowest BCUT2D eigenvalue weighted by Crippen LogP contribution is -2.33. The molecule has 1 amide bonds. The van der Waals surface area contributed by atoms with Gasteiger partial charge in [-0.3, -0.25) is 14.4 Å². The highest BCUT2D eigenvalue weighted by Gasteiger charge is 2.32. The summed E-state index contributed by atoms with van der Waals surface area (Å²) in [6, 6.07) is 8.29. The quantitative estimate of drug-likeness (QED) is 0.398. The number of nitrogens with zero attached hydrogens (tertiary/aromatic N) is 6. The van der Waals surface area contributed by atoms with Gasteiger partial charge < -0.3 is 4.90 Å². The molecule has 0 bridgehead atoms. The van der Waals surface area contributed by atoms with E-state index in [-0.39, 0.29) is 5.91 Å². The Morgan fingerprint density at radius 2 is 2.15 bits per heavy atom. The Balaban J connectivity index is 1.25. The van der Waals surface area contributed by atoms with Crippen molar-refractivity contribution in [2.45, 2.75) is 45.4 Å². The zero-order valence-corrected chi connectivity index (χ0v) is 20.2. The average Bonchev–Trinajstić information content (AvgIpc) is 3.19. The summed E-state index contributed by atoms with van der Waals surface area (Å²) >= 11 is 3.31. The second-order valence-electron chi connectivity index (χ2n) is 9.08.